The zero-order chi connectivity index (χ0) is 21.3. The first kappa shape index (κ1) is 20.5. The van der Waals surface area contributed by atoms with Crippen LogP contribution in [-0.2, 0) is 4.79 Å². The second-order valence-electron chi connectivity index (χ2n) is 8.08. The van der Waals surface area contributed by atoms with Crippen molar-refractivity contribution >= 4 is 11.9 Å². The average Bonchev–Trinajstić information content (AvgIpc) is 3.11. The molecular weight excluding hydrogens is 384 g/mol. The van der Waals surface area contributed by atoms with E-state index in [-0.39, 0.29) is 11.9 Å². The van der Waals surface area contributed by atoms with Crippen molar-refractivity contribution in [3.63, 3.8) is 0 Å². The second kappa shape index (κ2) is 8.55. The lowest BCUT2D eigenvalue weighted by atomic mass is 9.95. The van der Waals surface area contributed by atoms with Gasteiger partial charge in [-0.15, -0.1) is 0 Å². The smallest absolute Gasteiger partial charge is 0.322 e. The molecule has 0 unspecified atom stereocenters. The van der Waals surface area contributed by atoms with Gasteiger partial charge in [-0.2, -0.15) is 0 Å². The Bertz CT molecular complexity index is 840. The zero-order valence-electron chi connectivity index (χ0n) is 17.9. The summed E-state index contributed by atoms with van der Waals surface area (Å²) in [6.07, 6.45) is 3.74. The summed E-state index contributed by atoms with van der Waals surface area (Å²) in [5.74, 6) is 1.22. The van der Waals surface area contributed by atoms with Crippen LogP contribution in [0, 0.1) is 0 Å². The molecule has 162 valence electrons. The SMILES string of the molecule is COc1cc(OC)cc([C@H]2NC(=O)N(C)C3=C2C(=O)N(CCN2CCCCC2)C3)c1. The van der Waals surface area contributed by atoms with Crippen LogP contribution in [0.5, 0.6) is 11.5 Å². The summed E-state index contributed by atoms with van der Waals surface area (Å²) in [5, 5.41) is 2.97. The number of carbonyl (C=O) groups excluding carboxylic acids is 2. The summed E-state index contributed by atoms with van der Waals surface area (Å²) >= 11 is 0. The van der Waals surface area contributed by atoms with E-state index in [2.05, 4.69) is 10.2 Å². The summed E-state index contributed by atoms with van der Waals surface area (Å²) < 4.78 is 10.8. The molecule has 1 aromatic rings. The van der Waals surface area contributed by atoms with Gasteiger partial charge in [0.15, 0.2) is 0 Å². The molecule has 1 atom stereocenters. The van der Waals surface area contributed by atoms with Crippen molar-refractivity contribution < 1.29 is 19.1 Å². The van der Waals surface area contributed by atoms with Crippen molar-refractivity contribution in [2.24, 2.45) is 0 Å². The van der Waals surface area contributed by atoms with Crippen molar-refractivity contribution in [2.75, 3.05) is 54.0 Å². The lowest BCUT2D eigenvalue weighted by molar-refractivity contribution is -0.126. The van der Waals surface area contributed by atoms with Gasteiger partial charge in [0.25, 0.3) is 5.91 Å². The van der Waals surface area contributed by atoms with Crippen LogP contribution in [-0.4, -0.2) is 80.6 Å². The largest absolute Gasteiger partial charge is 0.497 e. The monoisotopic (exact) mass is 414 g/mol. The highest BCUT2D eigenvalue weighted by Crippen LogP contribution is 2.38. The first-order valence-electron chi connectivity index (χ1n) is 10.5. The van der Waals surface area contributed by atoms with E-state index in [0.29, 0.717) is 30.2 Å². The average molecular weight is 415 g/mol. The summed E-state index contributed by atoms with van der Waals surface area (Å²) in [7, 11) is 4.88. The lowest BCUT2D eigenvalue weighted by Crippen LogP contribution is -2.45. The molecule has 0 radical (unpaired) electrons. The van der Waals surface area contributed by atoms with Gasteiger partial charge in [0.05, 0.1) is 38.1 Å². The molecule has 8 heteroatoms. The van der Waals surface area contributed by atoms with Crippen molar-refractivity contribution in [2.45, 2.75) is 25.3 Å². The Morgan fingerprint density at radius 3 is 2.30 bits per heavy atom. The van der Waals surface area contributed by atoms with Crippen LogP contribution in [0.2, 0.25) is 0 Å². The highest BCUT2D eigenvalue weighted by atomic mass is 16.5. The minimum absolute atomic E-state index is 0.0133. The van der Waals surface area contributed by atoms with Crippen molar-refractivity contribution in [1.29, 1.82) is 0 Å². The summed E-state index contributed by atoms with van der Waals surface area (Å²) in [6, 6.07) is 4.71. The van der Waals surface area contributed by atoms with E-state index in [1.165, 1.54) is 19.3 Å². The van der Waals surface area contributed by atoms with E-state index >= 15 is 0 Å². The standard InChI is InChI=1S/C22H30N4O4/c1-24-18-14-26(10-9-25-7-5-4-6-8-25)21(27)19(18)20(23-22(24)28)15-11-16(29-2)13-17(12-15)30-3/h11-13,20H,4-10,14H2,1-3H3,(H,23,28)/t20-/m1/s1. The number of amides is 3. The summed E-state index contributed by atoms with van der Waals surface area (Å²) in [5.41, 5.74) is 2.17. The molecule has 3 aliphatic rings. The van der Waals surface area contributed by atoms with Gasteiger partial charge in [0.1, 0.15) is 11.5 Å². The molecule has 3 aliphatic heterocycles. The van der Waals surface area contributed by atoms with Crippen molar-refractivity contribution in [3.8, 4) is 11.5 Å². The maximum Gasteiger partial charge on any atom is 0.322 e. The molecule has 0 saturated carbocycles. The first-order chi connectivity index (χ1) is 14.5. The number of carbonyl (C=O) groups is 2. The third-order valence-electron chi connectivity index (χ3n) is 6.28. The minimum Gasteiger partial charge on any atom is -0.497 e. The number of likely N-dealkylation sites (N-methyl/N-ethyl adjacent to an activating group) is 1. The number of nitrogens with one attached hydrogen (secondary N) is 1. The number of hydrogen-bond donors (Lipinski definition) is 1. The van der Waals surface area contributed by atoms with E-state index in [9.17, 15) is 9.59 Å². The molecule has 1 saturated heterocycles. The van der Waals surface area contributed by atoms with Gasteiger partial charge in [-0.1, -0.05) is 6.42 Å². The van der Waals surface area contributed by atoms with E-state index < -0.39 is 6.04 Å². The first-order valence-corrected chi connectivity index (χ1v) is 10.5. The molecule has 3 heterocycles. The van der Waals surface area contributed by atoms with Crippen LogP contribution in [0.3, 0.4) is 0 Å². The number of piperidine rings is 1. The van der Waals surface area contributed by atoms with Crippen LogP contribution < -0.4 is 14.8 Å². The Morgan fingerprint density at radius 2 is 1.67 bits per heavy atom. The van der Waals surface area contributed by atoms with E-state index in [1.54, 1.807) is 32.2 Å². The molecular formula is C22H30N4O4. The molecule has 0 aromatic heterocycles. The zero-order valence-corrected chi connectivity index (χ0v) is 17.9. The van der Waals surface area contributed by atoms with E-state index in [0.717, 1.165) is 30.9 Å². The Kier molecular flexibility index (Phi) is 5.85. The number of methoxy groups -OCH3 is 2. The maximum atomic E-state index is 13.4. The number of likely N-dealkylation sites (tertiary alicyclic amines) is 1. The van der Waals surface area contributed by atoms with Crippen LogP contribution >= 0.6 is 0 Å². The normalized spacial score (nSPS) is 22.3. The molecule has 4 rings (SSSR count). The lowest BCUT2D eigenvalue weighted by Gasteiger charge is -2.31. The number of hydrogen-bond acceptors (Lipinski definition) is 5. The highest BCUT2D eigenvalue weighted by Gasteiger charge is 2.43. The van der Waals surface area contributed by atoms with Gasteiger partial charge in [0, 0.05) is 26.2 Å². The Morgan fingerprint density at radius 1 is 1.00 bits per heavy atom. The molecule has 1 fully saturated rings. The van der Waals surface area contributed by atoms with Gasteiger partial charge in [-0.05, 0) is 43.6 Å². The number of nitrogens with zero attached hydrogens (tertiary/aromatic N) is 3. The van der Waals surface area contributed by atoms with Crippen molar-refractivity contribution in [1.82, 2.24) is 20.0 Å². The van der Waals surface area contributed by atoms with Crippen LogP contribution in [0.15, 0.2) is 29.5 Å². The molecule has 8 nitrogen and oxygen atoms in total. The topological polar surface area (TPSA) is 74.3 Å². The molecule has 0 aliphatic carbocycles. The molecule has 3 amide bonds. The number of benzene rings is 1. The van der Waals surface area contributed by atoms with E-state index in [4.69, 9.17) is 9.47 Å². The number of ether oxygens (including phenoxy) is 2. The quantitative estimate of drug-likeness (QED) is 0.771. The molecule has 0 bridgehead atoms. The van der Waals surface area contributed by atoms with Crippen LogP contribution in [0.25, 0.3) is 0 Å². The fraction of sp³-hybridized carbons (Fsp3) is 0.545. The number of urea groups is 1. The molecule has 1 aromatic carbocycles. The summed E-state index contributed by atoms with van der Waals surface area (Å²) in [6.45, 7) is 4.20. The Balaban J connectivity index is 1.59. The Labute approximate surface area is 177 Å². The third kappa shape index (κ3) is 3.84. The molecule has 0 spiro atoms. The summed E-state index contributed by atoms with van der Waals surface area (Å²) in [4.78, 5) is 31.8. The number of rotatable bonds is 6. The Hall–Kier alpha value is -2.74. The van der Waals surface area contributed by atoms with Crippen LogP contribution in [0.1, 0.15) is 30.9 Å². The third-order valence-corrected chi connectivity index (χ3v) is 6.28. The van der Waals surface area contributed by atoms with Crippen LogP contribution in [0.4, 0.5) is 4.79 Å². The second-order valence-corrected chi connectivity index (χ2v) is 8.08. The fourth-order valence-electron chi connectivity index (χ4n) is 4.50. The van der Waals surface area contributed by atoms with Gasteiger partial charge in [0.2, 0.25) is 0 Å². The predicted molar refractivity (Wildman–Crippen MR) is 112 cm³/mol. The predicted octanol–water partition coefficient (Wildman–Crippen LogP) is 1.98. The molecule has 1 N–H and O–H groups in total. The van der Waals surface area contributed by atoms with Gasteiger partial charge < -0.3 is 24.6 Å². The minimum atomic E-state index is -0.528. The maximum absolute atomic E-state index is 13.4. The van der Waals surface area contributed by atoms with E-state index in [1.807, 2.05) is 17.0 Å². The van der Waals surface area contributed by atoms with Crippen molar-refractivity contribution in [3.05, 3.63) is 35.0 Å². The fourth-order valence-corrected chi connectivity index (χ4v) is 4.50. The van der Waals surface area contributed by atoms with Gasteiger partial charge in [-0.25, -0.2) is 4.79 Å². The van der Waals surface area contributed by atoms with Gasteiger partial charge in [-0.3, -0.25) is 9.69 Å². The van der Waals surface area contributed by atoms with Gasteiger partial charge >= 0.3 is 6.03 Å². The highest BCUT2D eigenvalue weighted by molar-refractivity contribution is 6.01. The molecule has 30 heavy (non-hydrogen) atoms.